The topological polar surface area (TPSA) is 48.7 Å². The number of anilines is 1. The summed E-state index contributed by atoms with van der Waals surface area (Å²) in [6.07, 6.45) is 3.03. The van der Waals surface area contributed by atoms with Crippen molar-refractivity contribution in [2.24, 2.45) is 5.10 Å². The van der Waals surface area contributed by atoms with Gasteiger partial charge in [0.1, 0.15) is 5.36 Å². The molecule has 0 unspecified atom stereocenters. The van der Waals surface area contributed by atoms with Crippen LogP contribution in [0.25, 0.3) is 21.8 Å². The fourth-order valence-electron chi connectivity index (χ4n) is 4.63. The number of hydrogen-bond acceptors (Lipinski definition) is 6. The molecule has 1 aliphatic heterocycles. The van der Waals surface area contributed by atoms with Crippen LogP contribution in [0.5, 0.6) is 0 Å². The molecule has 0 amide bonds. The second kappa shape index (κ2) is 9.81. The minimum absolute atomic E-state index is 0.803. The van der Waals surface area contributed by atoms with Gasteiger partial charge in [0.2, 0.25) is 5.13 Å². The number of pyridine rings is 1. The largest absolute Gasteiger partial charge is 0.339 e. The molecule has 0 bridgehead atoms. The van der Waals surface area contributed by atoms with Gasteiger partial charge >= 0.3 is 0 Å². The molecular formula is C25H30N6S. The Labute approximate surface area is 192 Å². The summed E-state index contributed by atoms with van der Waals surface area (Å²) in [6.45, 7) is 10.2. The first-order chi connectivity index (χ1) is 15.8. The Morgan fingerprint density at radius 3 is 2.09 bits per heavy atom. The minimum Gasteiger partial charge on any atom is -0.339 e. The van der Waals surface area contributed by atoms with Crippen molar-refractivity contribution in [1.82, 2.24) is 19.4 Å². The van der Waals surface area contributed by atoms with Crippen LogP contribution in [0.2, 0.25) is 0 Å². The summed E-state index contributed by atoms with van der Waals surface area (Å²) in [5.41, 5.74) is 5.59. The highest BCUT2D eigenvalue weighted by Crippen LogP contribution is 2.20. The minimum atomic E-state index is 0.803. The fourth-order valence-corrected chi connectivity index (χ4v) is 5.10. The van der Waals surface area contributed by atoms with E-state index in [-0.39, 0.29) is 0 Å². The normalized spacial score (nSPS) is 15.4. The van der Waals surface area contributed by atoms with Crippen LogP contribution in [0.15, 0.2) is 65.2 Å². The number of hydrogen-bond donors (Lipinski definition) is 1. The van der Waals surface area contributed by atoms with Gasteiger partial charge in [-0.25, -0.2) is 4.98 Å². The van der Waals surface area contributed by atoms with Gasteiger partial charge in [0, 0.05) is 61.6 Å². The quantitative estimate of drug-likeness (QED) is 0.341. The lowest BCUT2D eigenvalue weighted by atomic mass is 10.1. The van der Waals surface area contributed by atoms with Crippen molar-refractivity contribution < 1.29 is 0 Å². The van der Waals surface area contributed by atoms with Crippen LogP contribution < -0.4 is 10.8 Å². The van der Waals surface area contributed by atoms with Crippen LogP contribution in [0, 0.1) is 0 Å². The van der Waals surface area contributed by atoms with Crippen molar-refractivity contribution in [3.8, 4) is 0 Å². The SMILES string of the molecule is CCCN1CCN(CCn2c3ccccc3c(=NNc3nccs3)c3ccccc32)CC1. The molecule has 2 aromatic carbocycles. The van der Waals surface area contributed by atoms with Gasteiger partial charge in [0.15, 0.2) is 0 Å². The molecule has 0 saturated carbocycles. The molecule has 0 aliphatic carbocycles. The standard InChI is InChI=1S/C25H30N6S/c1-2-12-29-13-15-30(16-14-29)17-18-31-22-9-5-3-7-20(22)24(21-8-4-6-10-23(21)31)27-28-25-26-11-19-32-25/h3-11,19H,2,12-18H2,1H3,(H,26,28). The molecule has 7 heteroatoms. The van der Waals surface area contributed by atoms with E-state index in [0.29, 0.717) is 0 Å². The number of nitrogens with zero attached hydrogens (tertiary/aromatic N) is 5. The van der Waals surface area contributed by atoms with Gasteiger partial charge in [-0.2, -0.15) is 5.10 Å². The lowest BCUT2D eigenvalue weighted by molar-refractivity contribution is 0.130. The highest BCUT2D eigenvalue weighted by Gasteiger charge is 2.17. The molecule has 0 spiro atoms. The van der Waals surface area contributed by atoms with Crippen LogP contribution in [0.3, 0.4) is 0 Å². The van der Waals surface area contributed by atoms with Crippen molar-refractivity contribution in [1.29, 1.82) is 0 Å². The zero-order chi connectivity index (χ0) is 21.8. The van der Waals surface area contributed by atoms with Crippen molar-refractivity contribution >= 4 is 38.3 Å². The van der Waals surface area contributed by atoms with Crippen LogP contribution in [0.1, 0.15) is 13.3 Å². The number of rotatable bonds is 7. The molecule has 2 aromatic heterocycles. The van der Waals surface area contributed by atoms with Gasteiger partial charge in [-0.1, -0.05) is 43.3 Å². The highest BCUT2D eigenvalue weighted by atomic mass is 32.1. The monoisotopic (exact) mass is 446 g/mol. The number of piperazine rings is 1. The van der Waals surface area contributed by atoms with E-state index >= 15 is 0 Å². The molecule has 6 nitrogen and oxygen atoms in total. The highest BCUT2D eigenvalue weighted by molar-refractivity contribution is 7.13. The maximum atomic E-state index is 4.79. The predicted octanol–water partition coefficient (Wildman–Crippen LogP) is 4.21. The van der Waals surface area contributed by atoms with Crippen molar-refractivity contribution in [2.45, 2.75) is 19.9 Å². The van der Waals surface area contributed by atoms with E-state index in [1.165, 1.54) is 37.1 Å². The lowest BCUT2D eigenvalue weighted by Gasteiger charge is -2.34. The van der Waals surface area contributed by atoms with Crippen molar-refractivity contribution in [3.05, 3.63) is 65.5 Å². The Hall–Kier alpha value is -2.74. The van der Waals surface area contributed by atoms with Crippen molar-refractivity contribution in [2.75, 3.05) is 44.7 Å². The molecule has 1 N–H and O–H groups in total. The van der Waals surface area contributed by atoms with Gasteiger partial charge in [-0.3, -0.25) is 10.3 Å². The van der Waals surface area contributed by atoms with E-state index in [4.69, 9.17) is 5.10 Å². The number of aromatic nitrogens is 2. The number of fused-ring (bicyclic) bond motifs is 2. The zero-order valence-electron chi connectivity index (χ0n) is 18.6. The third-order valence-corrected chi connectivity index (χ3v) is 6.92. The third kappa shape index (κ3) is 4.41. The zero-order valence-corrected chi connectivity index (χ0v) is 19.4. The molecule has 4 aromatic rings. The molecular weight excluding hydrogens is 416 g/mol. The molecule has 1 saturated heterocycles. The third-order valence-electron chi connectivity index (χ3n) is 6.24. The van der Waals surface area contributed by atoms with Gasteiger partial charge in [-0.15, -0.1) is 11.3 Å². The summed E-state index contributed by atoms with van der Waals surface area (Å²) in [4.78, 5) is 9.49. The second-order valence-electron chi connectivity index (χ2n) is 8.28. The van der Waals surface area contributed by atoms with E-state index in [1.807, 2.05) is 5.38 Å². The van der Waals surface area contributed by atoms with E-state index < -0.39 is 0 Å². The fraction of sp³-hybridized carbons (Fsp3) is 0.360. The van der Waals surface area contributed by atoms with E-state index in [0.717, 1.165) is 47.4 Å². The van der Waals surface area contributed by atoms with E-state index in [9.17, 15) is 0 Å². The van der Waals surface area contributed by atoms with Crippen LogP contribution in [-0.2, 0) is 6.54 Å². The maximum Gasteiger partial charge on any atom is 0.203 e. The first kappa shape index (κ1) is 21.1. The molecule has 1 fully saturated rings. The van der Waals surface area contributed by atoms with Gasteiger partial charge in [-0.05, 0) is 25.1 Å². The average molecular weight is 447 g/mol. The first-order valence-electron chi connectivity index (χ1n) is 11.5. The van der Waals surface area contributed by atoms with Crippen LogP contribution in [-0.4, -0.2) is 58.6 Å². The van der Waals surface area contributed by atoms with Gasteiger partial charge < -0.3 is 9.47 Å². The number of nitrogens with one attached hydrogen (secondary N) is 1. The molecule has 166 valence electrons. The van der Waals surface area contributed by atoms with E-state index in [2.05, 4.69) is 80.2 Å². The Bertz CT molecular complexity index is 1180. The lowest BCUT2D eigenvalue weighted by Crippen LogP contribution is -2.47. The smallest absolute Gasteiger partial charge is 0.203 e. The summed E-state index contributed by atoms with van der Waals surface area (Å²) in [5.74, 6) is 0. The Kier molecular flexibility index (Phi) is 6.48. The van der Waals surface area contributed by atoms with Crippen molar-refractivity contribution in [3.63, 3.8) is 0 Å². The number of para-hydroxylation sites is 2. The van der Waals surface area contributed by atoms with E-state index in [1.54, 1.807) is 17.5 Å². The summed E-state index contributed by atoms with van der Waals surface area (Å²) >= 11 is 1.55. The Morgan fingerprint density at radius 2 is 1.50 bits per heavy atom. The Morgan fingerprint density at radius 1 is 0.875 bits per heavy atom. The molecule has 1 aliphatic rings. The van der Waals surface area contributed by atoms with Crippen LogP contribution in [0.4, 0.5) is 5.13 Å². The summed E-state index contributed by atoms with van der Waals surface area (Å²) in [6, 6.07) is 17.2. The van der Waals surface area contributed by atoms with Crippen LogP contribution >= 0.6 is 11.3 Å². The average Bonchev–Trinajstić information content (AvgIpc) is 3.36. The maximum absolute atomic E-state index is 4.79. The predicted molar refractivity (Wildman–Crippen MR) is 134 cm³/mol. The molecule has 5 rings (SSSR count). The summed E-state index contributed by atoms with van der Waals surface area (Å²) in [7, 11) is 0. The van der Waals surface area contributed by atoms with Gasteiger partial charge in [0.05, 0.1) is 11.0 Å². The molecule has 0 radical (unpaired) electrons. The number of benzene rings is 2. The molecule has 0 atom stereocenters. The Balaban J connectivity index is 1.49. The molecule has 32 heavy (non-hydrogen) atoms. The summed E-state index contributed by atoms with van der Waals surface area (Å²) in [5, 5.41) is 10.8. The van der Waals surface area contributed by atoms with Gasteiger partial charge in [0.25, 0.3) is 0 Å². The second-order valence-corrected chi connectivity index (χ2v) is 9.17. The molecule has 3 heterocycles. The first-order valence-corrected chi connectivity index (χ1v) is 12.4. The summed E-state index contributed by atoms with van der Waals surface area (Å²) < 4.78 is 2.46. The number of thiazole rings is 1.